The van der Waals surface area contributed by atoms with E-state index in [1.165, 1.54) is 0 Å². The summed E-state index contributed by atoms with van der Waals surface area (Å²) >= 11 is 0. The predicted octanol–water partition coefficient (Wildman–Crippen LogP) is 3.09. The minimum absolute atomic E-state index is 0.106. The molecule has 32 heavy (non-hydrogen) atoms. The van der Waals surface area contributed by atoms with E-state index < -0.39 is 0 Å². The molecule has 6 heteroatoms. The average Bonchev–Trinajstić information content (AvgIpc) is 2.82. The van der Waals surface area contributed by atoms with Gasteiger partial charge < -0.3 is 10.6 Å². The second-order valence-electron chi connectivity index (χ2n) is 8.58. The van der Waals surface area contributed by atoms with Crippen molar-refractivity contribution in [3.63, 3.8) is 0 Å². The molecule has 4 atom stereocenters. The van der Waals surface area contributed by atoms with Crippen molar-refractivity contribution < 1.29 is 0 Å². The molecule has 4 rings (SSSR count). The van der Waals surface area contributed by atoms with Crippen molar-refractivity contribution in [3.8, 4) is 12.1 Å². The third-order valence-corrected chi connectivity index (χ3v) is 6.01. The first kappa shape index (κ1) is 23.9. The lowest BCUT2D eigenvalue weighted by atomic mass is 10.0. The van der Waals surface area contributed by atoms with E-state index in [0.717, 1.165) is 50.4 Å². The van der Waals surface area contributed by atoms with Crippen molar-refractivity contribution in [3.05, 3.63) is 71.8 Å². The van der Waals surface area contributed by atoms with Crippen LogP contribution in [0.1, 0.15) is 37.1 Å². The zero-order valence-electron chi connectivity index (χ0n) is 19.1. The Labute approximate surface area is 192 Å². The third-order valence-electron chi connectivity index (χ3n) is 6.01. The number of nitrogens with zero attached hydrogens (tertiary/aromatic N) is 4. The van der Waals surface area contributed by atoms with Crippen LogP contribution in [-0.2, 0) is 0 Å². The standard InChI is InChI=1S/2C13H17N3/c2*1-11-10-16(8-7-15-11)13(9-14)12-5-3-2-4-6-12/h2*2-6,11,13,15H,7-8,10H2,1H3/t11-,13+;11-,13-/m11/s1. The van der Waals surface area contributed by atoms with E-state index >= 15 is 0 Å². The van der Waals surface area contributed by atoms with Crippen LogP contribution < -0.4 is 10.6 Å². The van der Waals surface area contributed by atoms with Gasteiger partial charge in [0.2, 0.25) is 0 Å². The van der Waals surface area contributed by atoms with Crippen molar-refractivity contribution >= 4 is 0 Å². The molecule has 2 aromatic rings. The van der Waals surface area contributed by atoms with Crippen LogP contribution in [0.25, 0.3) is 0 Å². The molecular weight excluding hydrogens is 396 g/mol. The van der Waals surface area contributed by atoms with Crippen LogP contribution in [0.5, 0.6) is 0 Å². The van der Waals surface area contributed by atoms with Crippen molar-refractivity contribution in [1.29, 1.82) is 10.5 Å². The summed E-state index contributed by atoms with van der Waals surface area (Å²) in [6.07, 6.45) is 0. The highest BCUT2D eigenvalue weighted by Gasteiger charge is 2.25. The molecule has 2 heterocycles. The van der Waals surface area contributed by atoms with Gasteiger partial charge in [0, 0.05) is 51.4 Å². The molecule has 2 N–H and O–H groups in total. The first-order valence-electron chi connectivity index (χ1n) is 11.5. The van der Waals surface area contributed by atoms with Gasteiger partial charge in [-0.25, -0.2) is 0 Å². The Morgan fingerprint density at radius 3 is 1.41 bits per heavy atom. The Morgan fingerprint density at radius 2 is 1.09 bits per heavy atom. The van der Waals surface area contributed by atoms with Gasteiger partial charge in [0.05, 0.1) is 12.1 Å². The van der Waals surface area contributed by atoms with E-state index in [2.05, 4.69) is 46.4 Å². The molecule has 2 aliphatic heterocycles. The lowest BCUT2D eigenvalue weighted by molar-refractivity contribution is 0.178. The van der Waals surface area contributed by atoms with Crippen LogP contribution in [0.2, 0.25) is 0 Å². The largest absolute Gasteiger partial charge is 0.312 e. The van der Waals surface area contributed by atoms with Crippen LogP contribution in [0.4, 0.5) is 0 Å². The smallest absolute Gasteiger partial charge is 0.123 e. The van der Waals surface area contributed by atoms with E-state index in [-0.39, 0.29) is 12.1 Å². The molecule has 0 spiro atoms. The van der Waals surface area contributed by atoms with Gasteiger partial charge in [0.15, 0.2) is 0 Å². The predicted molar refractivity (Wildman–Crippen MR) is 128 cm³/mol. The Morgan fingerprint density at radius 1 is 0.719 bits per heavy atom. The van der Waals surface area contributed by atoms with Crippen LogP contribution in [0.3, 0.4) is 0 Å². The average molecular weight is 431 g/mol. The summed E-state index contributed by atoms with van der Waals surface area (Å²) in [5.74, 6) is 0. The molecule has 0 aliphatic carbocycles. The Balaban J connectivity index is 0.000000181. The summed E-state index contributed by atoms with van der Waals surface area (Å²) in [6, 6.07) is 25.6. The molecule has 0 bridgehead atoms. The van der Waals surface area contributed by atoms with E-state index in [1.54, 1.807) is 0 Å². The highest BCUT2D eigenvalue weighted by Crippen LogP contribution is 2.21. The van der Waals surface area contributed by atoms with Gasteiger partial charge in [-0.05, 0) is 25.0 Å². The van der Waals surface area contributed by atoms with Crippen LogP contribution in [0.15, 0.2) is 60.7 Å². The maximum Gasteiger partial charge on any atom is 0.123 e. The van der Waals surface area contributed by atoms with Crippen molar-refractivity contribution in [2.75, 3.05) is 39.3 Å². The van der Waals surface area contributed by atoms with Crippen molar-refractivity contribution in [2.45, 2.75) is 38.0 Å². The number of piperazine rings is 2. The van der Waals surface area contributed by atoms with E-state index in [4.69, 9.17) is 0 Å². The molecule has 2 saturated heterocycles. The zero-order chi connectivity index (χ0) is 22.8. The minimum atomic E-state index is -0.106. The summed E-state index contributed by atoms with van der Waals surface area (Å²) in [7, 11) is 0. The van der Waals surface area contributed by atoms with Gasteiger partial charge in [0.1, 0.15) is 12.1 Å². The van der Waals surface area contributed by atoms with Crippen LogP contribution >= 0.6 is 0 Å². The number of hydrogen-bond donors (Lipinski definition) is 2. The van der Waals surface area contributed by atoms with Gasteiger partial charge in [0.25, 0.3) is 0 Å². The first-order valence-corrected chi connectivity index (χ1v) is 11.5. The molecule has 0 unspecified atom stereocenters. The molecule has 6 nitrogen and oxygen atoms in total. The van der Waals surface area contributed by atoms with Gasteiger partial charge >= 0.3 is 0 Å². The quantitative estimate of drug-likeness (QED) is 0.776. The SMILES string of the molecule is C[C@@H]1CN([C@@H](C#N)c2ccccc2)CCN1.C[C@@H]1CN([C@H](C#N)c2ccccc2)CCN1. The molecule has 0 amide bonds. The molecule has 0 saturated carbocycles. The summed E-state index contributed by atoms with van der Waals surface area (Å²) < 4.78 is 0. The monoisotopic (exact) mass is 430 g/mol. The highest BCUT2D eigenvalue weighted by molar-refractivity contribution is 5.25. The molecule has 2 aromatic carbocycles. The second-order valence-corrected chi connectivity index (χ2v) is 8.58. The number of benzene rings is 2. The van der Waals surface area contributed by atoms with Crippen LogP contribution in [-0.4, -0.2) is 61.2 Å². The highest BCUT2D eigenvalue weighted by atomic mass is 15.2. The Bertz CT molecular complexity index is 813. The van der Waals surface area contributed by atoms with Crippen molar-refractivity contribution in [1.82, 2.24) is 20.4 Å². The maximum absolute atomic E-state index is 9.31. The number of hydrogen-bond acceptors (Lipinski definition) is 6. The fourth-order valence-electron chi connectivity index (χ4n) is 4.40. The molecule has 0 radical (unpaired) electrons. The van der Waals surface area contributed by atoms with E-state index in [9.17, 15) is 10.5 Å². The molecule has 2 aliphatic rings. The fourth-order valence-corrected chi connectivity index (χ4v) is 4.40. The van der Waals surface area contributed by atoms with Gasteiger partial charge in [-0.15, -0.1) is 0 Å². The fraction of sp³-hybridized carbons (Fsp3) is 0.462. The summed E-state index contributed by atoms with van der Waals surface area (Å²) in [4.78, 5) is 4.49. The second kappa shape index (κ2) is 12.3. The summed E-state index contributed by atoms with van der Waals surface area (Å²) in [5, 5.41) is 25.4. The summed E-state index contributed by atoms with van der Waals surface area (Å²) in [6.45, 7) is 10.0. The molecule has 0 aromatic heterocycles. The van der Waals surface area contributed by atoms with Gasteiger partial charge in [-0.2, -0.15) is 10.5 Å². The lowest BCUT2D eigenvalue weighted by Crippen LogP contribution is -2.50. The Kier molecular flexibility index (Phi) is 9.22. The maximum atomic E-state index is 9.31. The van der Waals surface area contributed by atoms with Gasteiger partial charge in [-0.3, -0.25) is 9.80 Å². The Hall–Kier alpha value is -2.74. The number of nitrogens with one attached hydrogen (secondary N) is 2. The number of nitriles is 2. The third kappa shape index (κ3) is 6.63. The summed E-state index contributed by atoms with van der Waals surface area (Å²) in [5.41, 5.74) is 2.19. The minimum Gasteiger partial charge on any atom is -0.312 e. The molecular formula is C26H34N6. The van der Waals surface area contributed by atoms with Crippen LogP contribution in [0, 0.1) is 22.7 Å². The molecule has 168 valence electrons. The molecule has 2 fully saturated rings. The van der Waals surface area contributed by atoms with E-state index in [1.807, 2.05) is 60.7 Å². The van der Waals surface area contributed by atoms with E-state index in [0.29, 0.717) is 12.1 Å². The topological polar surface area (TPSA) is 78.1 Å². The first-order chi connectivity index (χ1) is 15.6. The van der Waals surface area contributed by atoms with Gasteiger partial charge in [-0.1, -0.05) is 60.7 Å². The zero-order valence-corrected chi connectivity index (χ0v) is 19.1. The number of rotatable bonds is 4. The van der Waals surface area contributed by atoms with Crippen molar-refractivity contribution in [2.24, 2.45) is 0 Å². The lowest BCUT2D eigenvalue weighted by Gasteiger charge is -2.34. The normalized spacial score (nSPS) is 23.6.